The second-order valence-electron chi connectivity index (χ2n) is 5.59. The molecule has 1 aromatic heterocycles. The molecule has 1 amide bonds. The lowest BCUT2D eigenvalue weighted by Gasteiger charge is -2.17. The van der Waals surface area contributed by atoms with E-state index in [0.717, 1.165) is 5.69 Å². The summed E-state index contributed by atoms with van der Waals surface area (Å²) in [5.74, 6) is -0.109. The summed E-state index contributed by atoms with van der Waals surface area (Å²) < 4.78 is 26.9. The summed E-state index contributed by atoms with van der Waals surface area (Å²) in [7, 11) is -3.61. The largest absolute Gasteiger partial charge is 0.312 e. The van der Waals surface area contributed by atoms with E-state index in [-0.39, 0.29) is 23.3 Å². The first-order valence-corrected chi connectivity index (χ1v) is 9.27. The van der Waals surface area contributed by atoms with Crippen LogP contribution in [-0.2, 0) is 14.8 Å². The Morgan fingerprint density at radius 2 is 2.00 bits per heavy atom. The van der Waals surface area contributed by atoms with Crippen molar-refractivity contribution in [1.29, 1.82) is 0 Å². The first-order valence-electron chi connectivity index (χ1n) is 7.41. The van der Waals surface area contributed by atoms with E-state index >= 15 is 0 Å². The number of amides is 1. The van der Waals surface area contributed by atoms with Crippen molar-refractivity contribution in [2.24, 2.45) is 5.92 Å². The summed E-state index contributed by atoms with van der Waals surface area (Å²) in [6.45, 7) is 0.670. The van der Waals surface area contributed by atoms with Crippen molar-refractivity contribution in [2.45, 2.75) is 11.3 Å². The number of nitrogens with zero attached hydrogens (tertiary/aromatic N) is 2. The van der Waals surface area contributed by atoms with Crippen LogP contribution in [0.3, 0.4) is 0 Å². The van der Waals surface area contributed by atoms with Crippen LogP contribution in [0.1, 0.15) is 6.42 Å². The molecular weight excluding hydrogens is 350 g/mol. The molecule has 0 bridgehead atoms. The number of hydrogen-bond donors (Lipinski definition) is 1. The first kappa shape index (κ1) is 16.9. The lowest BCUT2D eigenvalue weighted by atomic mass is 10.1. The van der Waals surface area contributed by atoms with E-state index < -0.39 is 10.0 Å². The van der Waals surface area contributed by atoms with Crippen LogP contribution in [-0.4, -0.2) is 32.4 Å². The van der Waals surface area contributed by atoms with Gasteiger partial charge in [-0.25, -0.2) is 13.1 Å². The molecule has 0 saturated carbocycles. The number of carbonyl (C=O) groups excluding carboxylic acids is 1. The average molecular weight is 366 g/mol. The van der Waals surface area contributed by atoms with Crippen molar-refractivity contribution in [3.63, 3.8) is 0 Å². The third kappa shape index (κ3) is 3.75. The molecule has 1 aliphatic rings. The molecule has 3 rings (SSSR count). The molecule has 0 radical (unpaired) electrons. The molecule has 1 aliphatic heterocycles. The minimum Gasteiger partial charge on any atom is -0.312 e. The predicted octanol–water partition coefficient (Wildman–Crippen LogP) is 2.07. The molecule has 6 nitrogen and oxygen atoms in total. The molecule has 1 fully saturated rings. The van der Waals surface area contributed by atoms with Gasteiger partial charge in [-0.2, -0.15) is 0 Å². The van der Waals surface area contributed by atoms with Crippen LogP contribution in [0.5, 0.6) is 0 Å². The van der Waals surface area contributed by atoms with Gasteiger partial charge in [-0.3, -0.25) is 9.78 Å². The Hall–Kier alpha value is -1.96. The minimum absolute atomic E-state index is 0.0251. The third-order valence-corrected chi connectivity index (χ3v) is 5.51. The predicted molar refractivity (Wildman–Crippen MR) is 91.3 cm³/mol. The van der Waals surface area contributed by atoms with Gasteiger partial charge in [-0.05, 0) is 42.3 Å². The highest BCUT2D eigenvalue weighted by Crippen LogP contribution is 2.26. The van der Waals surface area contributed by atoms with Gasteiger partial charge < -0.3 is 4.90 Å². The molecule has 1 saturated heterocycles. The van der Waals surface area contributed by atoms with Crippen molar-refractivity contribution in [3.8, 4) is 0 Å². The fourth-order valence-corrected chi connectivity index (χ4v) is 3.81. The van der Waals surface area contributed by atoms with E-state index in [4.69, 9.17) is 11.6 Å². The SMILES string of the molecule is O=C1CC(CNS(=O)(=O)c2cccnc2)CN1c1ccc(Cl)cc1. The van der Waals surface area contributed by atoms with E-state index in [1.807, 2.05) is 0 Å². The monoisotopic (exact) mass is 365 g/mol. The molecule has 1 N–H and O–H groups in total. The Bertz CT molecular complexity index is 825. The molecule has 1 aromatic carbocycles. The zero-order chi connectivity index (χ0) is 17.2. The first-order chi connectivity index (χ1) is 11.5. The molecule has 0 aliphatic carbocycles. The van der Waals surface area contributed by atoms with Crippen molar-refractivity contribution < 1.29 is 13.2 Å². The maximum Gasteiger partial charge on any atom is 0.242 e. The zero-order valence-corrected chi connectivity index (χ0v) is 14.3. The number of halogens is 1. The van der Waals surface area contributed by atoms with Crippen LogP contribution in [0.4, 0.5) is 5.69 Å². The van der Waals surface area contributed by atoms with Gasteiger partial charge in [0.15, 0.2) is 0 Å². The number of sulfonamides is 1. The molecule has 8 heteroatoms. The van der Waals surface area contributed by atoms with Crippen LogP contribution in [0.15, 0.2) is 53.7 Å². The van der Waals surface area contributed by atoms with Crippen LogP contribution in [0, 0.1) is 5.92 Å². The summed E-state index contributed by atoms with van der Waals surface area (Å²) in [5.41, 5.74) is 0.766. The van der Waals surface area contributed by atoms with Gasteiger partial charge in [-0.1, -0.05) is 11.6 Å². The Balaban J connectivity index is 1.63. The number of aromatic nitrogens is 1. The van der Waals surface area contributed by atoms with Crippen molar-refractivity contribution in [2.75, 3.05) is 18.0 Å². The van der Waals surface area contributed by atoms with Gasteiger partial charge in [0.25, 0.3) is 0 Å². The van der Waals surface area contributed by atoms with Crippen molar-refractivity contribution in [3.05, 3.63) is 53.8 Å². The van der Waals surface area contributed by atoms with E-state index in [1.165, 1.54) is 18.5 Å². The Morgan fingerprint density at radius 1 is 1.25 bits per heavy atom. The highest BCUT2D eigenvalue weighted by atomic mass is 35.5. The van der Waals surface area contributed by atoms with E-state index in [1.54, 1.807) is 35.2 Å². The molecular formula is C16H16ClN3O3S. The van der Waals surface area contributed by atoms with Gasteiger partial charge in [0, 0.05) is 42.6 Å². The number of hydrogen-bond acceptors (Lipinski definition) is 4. The Labute approximate surface area is 145 Å². The second kappa shape index (κ2) is 6.88. The maximum absolute atomic E-state index is 12.2. The number of carbonyl (C=O) groups is 1. The van der Waals surface area contributed by atoms with E-state index in [2.05, 4.69) is 9.71 Å². The molecule has 1 atom stereocenters. The smallest absolute Gasteiger partial charge is 0.242 e. The van der Waals surface area contributed by atoms with Crippen LogP contribution in [0.2, 0.25) is 5.02 Å². The van der Waals surface area contributed by atoms with Gasteiger partial charge in [0.1, 0.15) is 4.90 Å². The maximum atomic E-state index is 12.2. The number of anilines is 1. The molecule has 2 heterocycles. The fourth-order valence-electron chi connectivity index (χ4n) is 2.61. The van der Waals surface area contributed by atoms with Gasteiger partial charge in [0.05, 0.1) is 0 Å². The molecule has 24 heavy (non-hydrogen) atoms. The second-order valence-corrected chi connectivity index (χ2v) is 7.79. The van der Waals surface area contributed by atoms with E-state index in [0.29, 0.717) is 18.0 Å². The summed E-state index contributed by atoms with van der Waals surface area (Å²) in [5, 5.41) is 0.603. The lowest BCUT2D eigenvalue weighted by molar-refractivity contribution is -0.117. The number of rotatable bonds is 5. The minimum atomic E-state index is -3.61. The van der Waals surface area contributed by atoms with Crippen molar-refractivity contribution >= 4 is 33.2 Å². The topological polar surface area (TPSA) is 79.4 Å². The van der Waals surface area contributed by atoms with Crippen LogP contribution >= 0.6 is 11.6 Å². The molecule has 1 unspecified atom stereocenters. The van der Waals surface area contributed by atoms with E-state index in [9.17, 15) is 13.2 Å². The number of nitrogens with one attached hydrogen (secondary N) is 1. The zero-order valence-electron chi connectivity index (χ0n) is 12.7. The standard InChI is InChI=1S/C16H16ClN3O3S/c17-13-3-5-14(6-4-13)20-11-12(8-16(20)21)9-19-24(22,23)15-2-1-7-18-10-15/h1-7,10,12,19H,8-9,11H2. The van der Waals surface area contributed by atoms with Gasteiger partial charge in [0.2, 0.25) is 15.9 Å². The average Bonchev–Trinajstić information content (AvgIpc) is 2.96. The highest BCUT2D eigenvalue weighted by molar-refractivity contribution is 7.89. The summed E-state index contributed by atoms with van der Waals surface area (Å²) in [6, 6.07) is 10.1. The number of benzene rings is 1. The highest BCUT2D eigenvalue weighted by Gasteiger charge is 2.31. The molecule has 0 spiro atoms. The lowest BCUT2D eigenvalue weighted by Crippen LogP contribution is -2.31. The third-order valence-electron chi connectivity index (χ3n) is 3.85. The summed E-state index contributed by atoms with van der Waals surface area (Å²) >= 11 is 5.86. The van der Waals surface area contributed by atoms with Crippen LogP contribution in [0.25, 0.3) is 0 Å². The van der Waals surface area contributed by atoms with Crippen molar-refractivity contribution in [1.82, 2.24) is 9.71 Å². The van der Waals surface area contributed by atoms with Gasteiger partial charge in [-0.15, -0.1) is 0 Å². The van der Waals surface area contributed by atoms with Gasteiger partial charge >= 0.3 is 0 Å². The Morgan fingerprint density at radius 3 is 2.67 bits per heavy atom. The number of pyridine rings is 1. The molecule has 2 aromatic rings. The normalized spacial score (nSPS) is 18.1. The quantitative estimate of drug-likeness (QED) is 0.879. The fraction of sp³-hybridized carbons (Fsp3) is 0.250. The van der Waals surface area contributed by atoms with Crippen LogP contribution < -0.4 is 9.62 Å². The molecule has 126 valence electrons. The summed E-state index contributed by atoms with van der Waals surface area (Å²) in [4.78, 5) is 17.7. The summed E-state index contributed by atoms with van der Waals surface area (Å²) in [6.07, 6.45) is 3.11. The Kier molecular flexibility index (Phi) is 4.84.